The SMILES string of the molecule is C#Cc1ccc2c(c1)C(C/C(C)=C/NC=C)CCO2. The first-order valence-electron chi connectivity index (χ1n) is 6.50. The minimum absolute atomic E-state index is 0.472. The smallest absolute Gasteiger partial charge is 0.122 e. The molecule has 1 heterocycles. The molecule has 1 N–H and O–H groups in total. The number of ether oxygens (including phenoxy) is 1. The van der Waals surface area contributed by atoms with Crippen molar-refractivity contribution in [2.75, 3.05) is 6.61 Å². The van der Waals surface area contributed by atoms with Gasteiger partial charge in [-0.05, 0) is 61.8 Å². The molecular weight excluding hydrogens is 234 g/mol. The van der Waals surface area contributed by atoms with Crippen molar-refractivity contribution in [1.29, 1.82) is 0 Å². The van der Waals surface area contributed by atoms with Crippen LogP contribution in [0.4, 0.5) is 0 Å². The molecule has 0 aliphatic carbocycles. The van der Waals surface area contributed by atoms with Gasteiger partial charge in [0.25, 0.3) is 0 Å². The van der Waals surface area contributed by atoms with Crippen LogP contribution in [0.5, 0.6) is 5.75 Å². The minimum atomic E-state index is 0.472. The topological polar surface area (TPSA) is 21.3 Å². The van der Waals surface area contributed by atoms with Gasteiger partial charge in [-0.15, -0.1) is 6.42 Å². The highest BCUT2D eigenvalue weighted by Crippen LogP contribution is 2.37. The van der Waals surface area contributed by atoms with E-state index in [-0.39, 0.29) is 0 Å². The van der Waals surface area contributed by atoms with Crippen LogP contribution in [0.3, 0.4) is 0 Å². The van der Waals surface area contributed by atoms with Gasteiger partial charge in [0.1, 0.15) is 5.75 Å². The summed E-state index contributed by atoms with van der Waals surface area (Å²) in [6.07, 6.45) is 11.2. The fourth-order valence-electron chi connectivity index (χ4n) is 2.42. The quantitative estimate of drug-likeness (QED) is 0.828. The van der Waals surface area contributed by atoms with Gasteiger partial charge in [0, 0.05) is 5.56 Å². The number of benzene rings is 1. The first-order chi connectivity index (χ1) is 9.24. The van der Waals surface area contributed by atoms with E-state index in [1.807, 2.05) is 18.3 Å². The van der Waals surface area contributed by atoms with E-state index in [1.165, 1.54) is 11.1 Å². The third-order valence-electron chi connectivity index (χ3n) is 3.36. The van der Waals surface area contributed by atoms with Crippen LogP contribution in [0.2, 0.25) is 0 Å². The summed E-state index contributed by atoms with van der Waals surface area (Å²) < 4.78 is 5.70. The van der Waals surface area contributed by atoms with Crippen LogP contribution >= 0.6 is 0 Å². The Morgan fingerprint density at radius 1 is 1.63 bits per heavy atom. The largest absolute Gasteiger partial charge is 0.493 e. The van der Waals surface area contributed by atoms with Crippen LogP contribution < -0.4 is 10.1 Å². The van der Waals surface area contributed by atoms with Crippen LogP contribution in [0.1, 0.15) is 36.8 Å². The zero-order valence-electron chi connectivity index (χ0n) is 11.3. The number of hydrogen-bond acceptors (Lipinski definition) is 2. The van der Waals surface area contributed by atoms with Gasteiger partial charge < -0.3 is 10.1 Å². The lowest BCUT2D eigenvalue weighted by Gasteiger charge is -2.26. The second kappa shape index (κ2) is 6.15. The minimum Gasteiger partial charge on any atom is -0.493 e. The van der Waals surface area contributed by atoms with Gasteiger partial charge in [-0.2, -0.15) is 0 Å². The van der Waals surface area contributed by atoms with E-state index in [2.05, 4.69) is 30.8 Å². The summed E-state index contributed by atoms with van der Waals surface area (Å²) in [6.45, 7) is 6.53. The lowest BCUT2D eigenvalue weighted by molar-refractivity contribution is 0.266. The zero-order valence-corrected chi connectivity index (χ0v) is 11.3. The Hall–Kier alpha value is -2.14. The monoisotopic (exact) mass is 253 g/mol. The Morgan fingerprint density at radius 2 is 2.47 bits per heavy atom. The van der Waals surface area contributed by atoms with Gasteiger partial charge in [0.2, 0.25) is 0 Å². The van der Waals surface area contributed by atoms with Crippen LogP contribution in [0.15, 0.2) is 42.8 Å². The Bertz CT molecular complexity index is 537. The standard InChI is InChI=1S/C17H19NO/c1-4-14-6-7-17-16(11-14)15(8-9-19-17)10-13(3)12-18-5-2/h1,5-7,11-12,15,18H,2,8-10H2,3H3/b13-12+. The summed E-state index contributed by atoms with van der Waals surface area (Å²) in [6, 6.07) is 5.99. The summed E-state index contributed by atoms with van der Waals surface area (Å²) in [7, 11) is 0. The second-order valence-electron chi connectivity index (χ2n) is 4.80. The molecule has 0 bridgehead atoms. The lowest BCUT2D eigenvalue weighted by atomic mass is 9.87. The van der Waals surface area contributed by atoms with E-state index in [0.717, 1.165) is 30.8 Å². The molecule has 1 unspecified atom stereocenters. The van der Waals surface area contributed by atoms with E-state index >= 15 is 0 Å². The first-order valence-corrected chi connectivity index (χ1v) is 6.50. The van der Waals surface area contributed by atoms with Crippen molar-refractivity contribution >= 4 is 0 Å². The number of allylic oxidation sites excluding steroid dienone is 1. The molecule has 2 heteroatoms. The molecule has 0 saturated heterocycles. The van der Waals surface area contributed by atoms with Crippen molar-refractivity contribution in [3.63, 3.8) is 0 Å². The normalized spacial score (nSPS) is 17.9. The maximum Gasteiger partial charge on any atom is 0.122 e. The zero-order chi connectivity index (χ0) is 13.7. The summed E-state index contributed by atoms with van der Waals surface area (Å²) >= 11 is 0. The average Bonchev–Trinajstić information content (AvgIpc) is 2.45. The van der Waals surface area contributed by atoms with Gasteiger partial charge in [-0.3, -0.25) is 0 Å². The summed E-state index contributed by atoms with van der Waals surface area (Å²) in [5.74, 6) is 4.13. The molecule has 2 rings (SSSR count). The third-order valence-corrected chi connectivity index (χ3v) is 3.36. The maximum absolute atomic E-state index is 5.70. The molecular formula is C17H19NO. The van der Waals surface area contributed by atoms with Gasteiger partial charge >= 0.3 is 0 Å². The highest BCUT2D eigenvalue weighted by atomic mass is 16.5. The number of rotatable bonds is 4. The summed E-state index contributed by atoms with van der Waals surface area (Å²) in [5.41, 5.74) is 3.44. The van der Waals surface area contributed by atoms with E-state index < -0.39 is 0 Å². The Labute approximate surface area is 115 Å². The van der Waals surface area contributed by atoms with E-state index in [1.54, 1.807) is 6.20 Å². The van der Waals surface area contributed by atoms with Crippen LogP contribution in [-0.2, 0) is 0 Å². The Kier molecular flexibility index (Phi) is 4.30. The van der Waals surface area contributed by atoms with Gasteiger partial charge in [0.15, 0.2) is 0 Å². The van der Waals surface area contributed by atoms with Crippen molar-refractivity contribution < 1.29 is 4.74 Å². The first kappa shape index (κ1) is 13.3. The summed E-state index contributed by atoms with van der Waals surface area (Å²) in [5, 5.41) is 3.02. The van der Waals surface area contributed by atoms with Crippen LogP contribution in [-0.4, -0.2) is 6.61 Å². The van der Waals surface area contributed by atoms with Crippen molar-refractivity contribution in [2.24, 2.45) is 0 Å². The molecule has 1 aromatic rings. The fourth-order valence-corrected chi connectivity index (χ4v) is 2.42. The molecule has 1 atom stereocenters. The molecule has 2 nitrogen and oxygen atoms in total. The van der Waals surface area contributed by atoms with Crippen LogP contribution in [0, 0.1) is 12.3 Å². The van der Waals surface area contributed by atoms with E-state index in [9.17, 15) is 0 Å². The van der Waals surface area contributed by atoms with Crippen molar-refractivity contribution in [2.45, 2.75) is 25.7 Å². The number of nitrogens with one attached hydrogen (secondary N) is 1. The molecule has 0 radical (unpaired) electrons. The molecule has 19 heavy (non-hydrogen) atoms. The second-order valence-corrected chi connectivity index (χ2v) is 4.80. The molecule has 1 aromatic carbocycles. The predicted molar refractivity (Wildman–Crippen MR) is 78.9 cm³/mol. The molecule has 1 aliphatic rings. The number of terminal acetylenes is 1. The van der Waals surface area contributed by atoms with Crippen molar-refractivity contribution in [1.82, 2.24) is 5.32 Å². The van der Waals surface area contributed by atoms with Gasteiger partial charge in [-0.25, -0.2) is 0 Å². The average molecular weight is 253 g/mol. The van der Waals surface area contributed by atoms with E-state index in [4.69, 9.17) is 11.2 Å². The number of hydrogen-bond donors (Lipinski definition) is 1. The molecule has 0 fully saturated rings. The van der Waals surface area contributed by atoms with Gasteiger partial charge in [-0.1, -0.05) is 18.1 Å². The highest BCUT2D eigenvalue weighted by Gasteiger charge is 2.21. The highest BCUT2D eigenvalue weighted by molar-refractivity contribution is 5.46. The maximum atomic E-state index is 5.70. The molecule has 98 valence electrons. The van der Waals surface area contributed by atoms with Gasteiger partial charge in [0.05, 0.1) is 6.61 Å². The van der Waals surface area contributed by atoms with Crippen LogP contribution in [0.25, 0.3) is 0 Å². The lowest BCUT2D eigenvalue weighted by Crippen LogP contribution is -2.15. The predicted octanol–water partition coefficient (Wildman–Crippen LogP) is 3.56. The molecule has 0 amide bonds. The fraction of sp³-hybridized carbons (Fsp3) is 0.294. The third kappa shape index (κ3) is 3.20. The summed E-state index contributed by atoms with van der Waals surface area (Å²) in [4.78, 5) is 0. The van der Waals surface area contributed by atoms with E-state index in [0.29, 0.717) is 5.92 Å². The molecule has 0 spiro atoms. The Morgan fingerprint density at radius 3 is 3.21 bits per heavy atom. The van der Waals surface area contributed by atoms with Crippen molar-refractivity contribution in [3.05, 3.63) is 53.9 Å². The number of fused-ring (bicyclic) bond motifs is 1. The molecule has 0 saturated carbocycles. The Balaban J connectivity index is 2.21. The molecule has 1 aliphatic heterocycles. The molecule has 0 aromatic heterocycles. The van der Waals surface area contributed by atoms with Crippen molar-refractivity contribution in [3.8, 4) is 18.1 Å².